The number of aryl methyl sites for hydroxylation is 1. The molecule has 1 amide bonds. The van der Waals surface area contributed by atoms with Crippen molar-refractivity contribution in [2.24, 2.45) is 0 Å². The predicted molar refractivity (Wildman–Crippen MR) is 106 cm³/mol. The van der Waals surface area contributed by atoms with Crippen LogP contribution in [0.15, 0.2) is 42.5 Å². The predicted octanol–water partition coefficient (Wildman–Crippen LogP) is 3.84. The van der Waals surface area contributed by atoms with Gasteiger partial charge in [-0.25, -0.2) is 9.37 Å². The van der Waals surface area contributed by atoms with Gasteiger partial charge in [0.2, 0.25) is 17.8 Å². The Morgan fingerprint density at radius 3 is 2.76 bits per heavy atom. The Morgan fingerprint density at radius 1 is 1.21 bits per heavy atom. The second kappa shape index (κ2) is 6.85. The zero-order valence-electron chi connectivity index (χ0n) is 15.3. The van der Waals surface area contributed by atoms with Gasteiger partial charge in [-0.3, -0.25) is 4.79 Å². The molecule has 146 valence electrons. The zero-order valence-corrected chi connectivity index (χ0v) is 16.1. The number of anilines is 1. The van der Waals surface area contributed by atoms with Crippen molar-refractivity contribution in [3.8, 4) is 16.6 Å². The van der Waals surface area contributed by atoms with E-state index in [4.69, 9.17) is 9.47 Å². The summed E-state index contributed by atoms with van der Waals surface area (Å²) in [6.07, 6.45) is 0.131. The Kier molecular flexibility index (Phi) is 4.17. The molecule has 1 N–H and O–H groups in total. The highest BCUT2D eigenvalue weighted by molar-refractivity contribution is 7.20. The summed E-state index contributed by atoms with van der Waals surface area (Å²) in [5.41, 5.74) is 2.24. The molecule has 0 bridgehead atoms. The smallest absolute Gasteiger partial charge is 0.231 e. The Balaban J connectivity index is 1.42. The molecule has 2 aromatic heterocycles. The fourth-order valence-corrected chi connectivity index (χ4v) is 4.05. The lowest BCUT2D eigenvalue weighted by molar-refractivity contribution is -0.115. The number of ether oxygens (including phenoxy) is 2. The SMILES string of the molecule is Cc1cc(NC(=O)Cc2ccc(F)cc2)n(-c2nc3cc4c(cc3s2)OCO4)n1. The first kappa shape index (κ1) is 17.6. The number of carbonyl (C=O) groups excluding carboxylic acids is 1. The molecule has 4 aromatic rings. The molecule has 0 radical (unpaired) electrons. The van der Waals surface area contributed by atoms with Crippen molar-refractivity contribution in [3.05, 3.63) is 59.5 Å². The lowest BCUT2D eigenvalue weighted by Crippen LogP contribution is -2.17. The summed E-state index contributed by atoms with van der Waals surface area (Å²) in [5.74, 6) is 1.32. The topological polar surface area (TPSA) is 78.3 Å². The highest BCUT2D eigenvalue weighted by atomic mass is 32.1. The number of hydrogen-bond donors (Lipinski definition) is 1. The fourth-order valence-electron chi connectivity index (χ4n) is 3.11. The van der Waals surface area contributed by atoms with Crippen molar-refractivity contribution in [1.29, 1.82) is 0 Å². The standard InChI is InChI=1S/C20H15FN4O3S/c1-11-6-18(23-19(26)7-12-2-4-13(21)5-3-12)25(24-11)20-22-14-8-15-16(28-10-27-15)9-17(14)29-20/h2-6,8-9H,7,10H2,1H3,(H,23,26). The van der Waals surface area contributed by atoms with E-state index in [0.717, 1.165) is 21.5 Å². The summed E-state index contributed by atoms with van der Waals surface area (Å²) >= 11 is 1.44. The van der Waals surface area contributed by atoms with Gasteiger partial charge < -0.3 is 14.8 Å². The number of thiazole rings is 1. The zero-order chi connectivity index (χ0) is 20.0. The van der Waals surface area contributed by atoms with E-state index >= 15 is 0 Å². The van der Waals surface area contributed by atoms with Crippen molar-refractivity contribution in [1.82, 2.24) is 14.8 Å². The van der Waals surface area contributed by atoms with Crippen LogP contribution in [-0.2, 0) is 11.2 Å². The van der Waals surface area contributed by atoms with Crippen molar-refractivity contribution >= 4 is 33.3 Å². The molecule has 0 aliphatic carbocycles. The number of fused-ring (bicyclic) bond motifs is 2. The molecule has 5 rings (SSSR count). The number of hydrogen-bond acceptors (Lipinski definition) is 6. The first-order chi connectivity index (χ1) is 14.0. The van der Waals surface area contributed by atoms with Crippen LogP contribution in [0.2, 0.25) is 0 Å². The van der Waals surface area contributed by atoms with Gasteiger partial charge in [0, 0.05) is 18.2 Å². The second-order valence-electron chi connectivity index (χ2n) is 6.60. The molecular weight excluding hydrogens is 395 g/mol. The number of rotatable bonds is 4. The monoisotopic (exact) mass is 410 g/mol. The molecule has 3 heterocycles. The maximum Gasteiger partial charge on any atom is 0.231 e. The molecule has 0 saturated carbocycles. The summed E-state index contributed by atoms with van der Waals surface area (Å²) in [5, 5.41) is 7.95. The number of halogens is 1. The average molecular weight is 410 g/mol. The van der Waals surface area contributed by atoms with Crippen LogP contribution in [0.5, 0.6) is 11.5 Å². The van der Waals surface area contributed by atoms with E-state index in [1.165, 1.54) is 23.5 Å². The van der Waals surface area contributed by atoms with E-state index in [1.54, 1.807) is 22.9 Å². The molecule has 0 saturated heterocycles. The molecule has 1 aliphatic rings. The Bertz CT molecular complexity index is 1190. The number of nitrogens with zero attached hydrogens (tertiary/aromatic N) is 3. The third-order valence-electron chi connectivity index (χ3n) is 4.43. The van der Waals surface area contributed by atoms with Gasteiger partial charge in [-0.15, -0.1) is 0 Å². The summed E-state index contributed by atoms with van der Waals surface area (Å²) < 4.78 is 26.4. The summed E-state index contributed by atoms with van der Waals surface area (Å²) in [6, 6.07) is 11.4. The molecule has 29 heavy (non-hydrogen) atoms. The van der Waals surface area contributed by atoms with Crippen molar-refractivity contribution < 1.29 is 18.7 Å². The second-order valence-corrected chi connectivity index (χ2v) is 7.61. The highest BCUT2D eigenvalue weighted by Crippen LogP contribution is 2.38. The summed E-state index contributed by atoms with van der Waals surface area (Å²) in [7, 11) is 0. The van der Waals surface area contributed by atoms with Gasteiger partial charge in [-0.2, -0.15) is 9.78 Å². The summed E-state index contributed by atoms with van der Waals surface area (Å²) in [6.45, 7) is 2.05. The van der Waals surface area contributed by atoms with Crippen molar-refractivity contribution in [3.63, 3.8) is 0 Å². The van der Waals surface area contributed by atoms with Crippen LogP contribution in [0.1, 0.15) is 11.3 Å². The maximum absolute atomic E-state index is 13.0. The molecule has 0 spiro atoms. The number of aromatic nitrogens is 3. The molecule has 0 fully saturated rings. The summed E-state index contributed by atoms with van der Waals surface area (Å²) in [4.78, 5) is 17.1. The molecule has 9 heteroatoms. The van der Waals surface area contributed by atoms with Crippen LogP contribution in [-0.4, -0.2) is 27.5 Å². The number of carbonyl (C=O) groups is 1. The fraction of sp³-hybridized carbons (Fsp3) is 0.150. The Hall–Kier alpha value is -3.46. The Labute approximate surface area is 168 Å². The minimum atomic E-state index is -0.333. The van der Waals surface area contributed by atoms with Gasteiger partial charge in [-0.05, 0) is 24.6 Å². The van der Waals surface area contributed by atoms with Crippen LogP contribution < -0.4 is 14.8 Å². The van der Waals surface area contributed by atoms with Crippen LogP contribution in [0, 0.1) is 12.7 Å². The third kappa shape index (κ3) is 3.40. The van der Waals surface area contributed by atoms with Gasteiger partial charge >= 0.3 is 0 Å². The minimum Gasteiger partial charge on any atom is -0.454 e. The van der Waals surface area contributed by atoms with Gasteiger partial charge in [0.1, 0.15) is 11.6 Å². The van der Waals surface area contributed by atoms with Gasteiger partial charge in [-0.1, -0.05) is 23.5 Å². The normalized spacial score (nSPS) is 12.5. The molecule has 1 aliphatic heterocycles. The number of benzene rings is 2. The van der Waals surface area contributed by atoms with Crippen molar-refractivity contribution in [2.45, 2.75) is 13.3 Å². The van der Waals surface area contributed by atoms with E-state index in [0.29, 0.717) is 22.4 Å². The highest BCUT2D eigenvalue weighted by Gasteiger charge is 2.19. The van der Waals surface area contributed by atoms with E-state index < -0.39 is 0 Å². The van der Waals surface area contributed by atoms with Crippen LogP contribution >= 0.6 is 11.3 Å². The van der Waals surface area contributed by atoms with E-state index in [1.807, 2.05) is 19.1 Å². The number of amides is 1. The van der Waals surface area contributed by atoms with Crippen molar-refractivity contribution in [2.75, 3.05) is 12.1 Å². The molecule has 2 aromatic carbocycles. The first-order valence-corrected chi connectivity index (χ1v) is 9.68. The molecule has 7 nitrogen and oxygen atoms in total. The van der Waals surface area contributed by atoms with Crippen LogP contribution in [0.25, 0.3) is 15.3 Å². The van der Waals surface area contributed by atoms with Gasteiger partial charge in [0.15, 0.2) is 11.5 Å². The lowest BCUT2D eigenvalue weighted by Gasteiger charge is -2.06. The van der Waals surface area contributed by atoms with E-state index in [2.05, 4.69) is 15.4 Å². The molecular formula is C20H15FN4O3S. The van der Waals surface area contributed by atoms with Gasteiger partial charge in [0.05, 0.1) is 22.3 Å². The lowest BCUT2D eigenvalue weighted by atomic mass is 10.1. The minimum absolute atomic E-state index is 0.131. The van der Waals surface area contributed by atoms with Gasteiger partial charge in [0.25, 0.3) is 0 Å². The third-order valence-corrected chi connectivity index (χ3v) is 5.42. The molecule has 0 atom stereocenters. The van der Waals surface area contributed by atoms with E-state index in [-0.39, 0.29) is 24.9 Å². The average Bonchev–Trinajstić information content (AvgIpc) is 3.39. The number of nitrogens with one attached hydrogen (secondary N) is 1. The van der Waals surface area contributed by atoms with Crippen LogP contribution in [0.4, 0.5) is 10.2 Å². The first-order valence-electron chi connectivity index (χ1n) is 8.87. The van der Waals surface area contributed by atoms with E-state index in [9.17, 15) is 9.18 Å². The largest absolute Gasteiger partial charge is 0.454 e. The quantitative estimate of drug-likeness (QED) is 0.553. The Morgan fingerprint density at radius 2 is 1.97 bits per heavy atom. The van der Waals surface area contributed by atoms with Crippen LogP contribution in [0.3, 0.4) is 0 Å². The molecule has 0 unspecified atom stereocenters. The maximum atomic E-state index is 13.0.